The number of amides is 1. The highest BCUT2D eigenvalue weighted by atomic mass is 16.5. The van der Waals surface area contributed by atoms with Gasteiger partial charge in [-0.15, -0.1) is 0 Å². The zero-order valence-electron chi connectivity index (χ0n) is 12.5. The van der Waals surface area contributed by atoms with E-state index < -0.39 is 6.04 Å². The number of morpholine rings is 1. The van der Waals surface area contributed by atoms with Crippen LogP contribution in [0.5, 0.6) is 0 Å². The molecule has 1 aromatic rings. The lowest BCUT2D eigenvalue weighted by atomic mass is 10.0. The second-order valence-electron chi connectivity index (χ2n) is 5.58. The summed E-state index contributed by atoms with van der Waals surface area (Å²) in [5.74, 6) is -0.00384. The molecule has 0 saturated carbocycles. The van der Waals surface area contributed by atoms with Crippen molar-refractivity contribution < 1.29 is 9.53 Å². The van der Waals surface area contributed by atoms with E-state index in [2.05, 4.69) is 6.92 Å². The minimum Gasteiger partial charge on any atom is -0.375 e. The smallest absolute Gasteiger partial charge is 0.244 e. The van der Waals surface area contributed by atoms with E-state index in [4.69, 9.17) is 10.5 Å². The Morgan fingerprint density at radius 2 is 2.10 bits per heavy atom. The number of hydrogen-bond donors (Lipinski definition) is 1. The lowest BCUT2D eigenvalue weighted by Crippen LogP contribution is -2.53. The highest BCUT2D eigenvalue weighted by Gasteiger charge is 2.32. The number of rotatable bonds is 3. The fourth-order valence-electron chi connectivity index (χ4n) is 2.55. The molecular formula is C16H24N2O2. The summed E-state index contributed by atoms with van der Waals surface area (Å²) in [6.07, 6.45) is 0.964. The monoisotopic (exact) mass is 276 g/mol. The second kappa shape index (κ2) is 6.37. The molecule has 1 amide bonds. The van der Waals surface area contributed by atoms with Crippen LogP contribution in [0, 0.1) is 6.92 Å². The van der Waals surface area contributed by atoms with Crippen molar-refractivity contribution in [1.29, 1.82) is 0 Å². The van der Waals surface area contributed by atoms with Gasteiger partial charge in [0.2, 0.25) is 5.91 Å². The van der Waals surface area contributed by atoms with E-state index in [9.17, 15) is 4.79 Å². The van der Waals surface area contributed by atoms with Crippen molar-refractivity contribution >= 4 is 5.91 Å². The average molecular weight is 276 g/mol. The quantitative estimate of drug-likeness (QED) is 0.919. The molecule has 0 aliphatic carbocycles. The molecule has 4 heteroatoms. The summed E-state index contributed by atoms with van der Waals surface area (Å²) in [6.45, 7) is 7.31. The molecule has 1 fully saturated rings. The van der Waals surface area contributed by atoms with Crippen LogP contribution in [0.15, 0.2) is 24.3 Å². The molecule has 1 aromatic carbocycles. The summed E-state index contributed by atoms with van der Waals surface area (Å²) < 4.78 is 5.63. The number of carbonyl (C=O) groups is 1. The van der Waals surface area contributed by atoms with E-state index in [-0.39, 0.29) is 18.1 Å². The van der Waals surface area contributed by atoms with Gasteiger partial charge >= 0.3 is 0 Å². The van der Waals surface area contributed by atoms with Gasteiger partial charge in [0.25, 0.3) is 0 Å². The normalized spacial score (nSPS) is 24.5. The summed E-state index contributed by atoms with van der Waals surface area (Å²) in [7, 11) is 0. The number of nitrogens with two attached hydrogens (primary N) is 1. The third-order valence-electron chi connectivity index (χ3n) is 3.92. The van der Waals surface area contributed by atoms with Crippen molar-refractivity contribution in [2.45, 2.75) is 45.4 Å². The maximum Gasteiger partial charge on any atom is 0.244 e. The van der Waals surface area contributed by atoms with Gasteiger partial charge < -0.3 is 15.4 Å². The molecule has 0 aromatic heterocycles. The molecular weight excluding hydrogens is 252 g/mol. The molecule has 2 rings (SSSR count). The van der Waals surface area contributed by atoms with E-state index in [1.807, 2.05) is 43.0 Å². The maximum absolute atomic E-state index is 12.6. The summed E-state index contributed by atoms with van der Waals surface area (Å²) in [4.78, 5) is 14.5. The Balaban J connectivity index is 2.13. The molecule has 4 nitrogen and oxygen atoms in total. The van der Waals surface area contributed by atoms with Crippen molar-refractivity contribution in [2.24, 2.45) is 5.73 Å². The lowest BCUT2D eigenvalue weighted by molar-refractivity contribution is -0.145. The third kappa shape index (κ3) is 3.19. The fraction of sp³-hybridized carbons (Fsp3) is 0.562. The van der Waals surface area contributed by atoms with Crippen LogP contribution >= 0.6 is 0 Å². The molecule has 1 heterocycles. The van der Waals surface area contributed by atoms with Crippen LogP contribution in [0.4, 0.5) is 0 Å². The van der Waals surface area contributed by atoms with Crippen LogP contribution in [0.3, 0.4) is 0 Å². The molecule has 0 bridgehead atoms. The number of aryl methyl sites for hydroxylation is 1. The van der Waals surface area contributed by atoms with Gasteiger partial charge in [0, 0.05) is 6.54 Å². The summed E-state index contributed by atoms with van der Waals surface area (Å²) in [5.41, 5.74) is 8.19. The van der Waals surface area contributed by atoms with Gasteiger partial charge in [0.1, 0.15) is 6.04 Å². The highest BCUT2D eigenvalue weighted by molar-refractivity contribution is 5.83. The van der Waals surface area contributed by atoms with Crippen molar-refractivity contribution in [2.75, 3.05) is 13.2 Å². The Bertz CT molecular complexity index is 458. The van der Waals surface area contributed by atoms with Crippen molar-refractivity contribution in [3.05, 3.63) is 35.4 Å². The zero-order chi connectivity index (χ0) is 14.7. The molecule has 20 heavy (non-hydrogen) atoms. The molecule has 1 aliphatic rings. The van der Waals surface area contributed by atoms with E-state index in [1.54, 1.807) is 0 Å². The first-order valence-corrected chi connectivity index (χ1v) is 7.27. The minimum atomic E-state index is -0.588. The van der Waals surface area contributed by atoms with Crippen LogP contribution in [0.1, 0.15) is 37.4 Å². The number of nitrogens with zero attached hydrogens (tertiary/aromatic N) is 1. The Morgan fingerprint density at radius 1 is 1.45 bits per heavy atom. The van der Waals surface area contributed by atoms with Crippen LogP contribution in [0.25, 0.3) is 0 Å². The predicted molar refractivity (Wildman–Crippen MR) is 79.3 cm³/mol. The Kier molecular flexibility index (Phi) is 4.78. The highest BCUT2D eigenvalue weighted by Crippen LogP contribution is 2.20. The Labute approximate surface area is 120 Å². The van der Waals surface area contributed by atoms with Gasteiger partial charge in [-0.2, -0.15) is 0 Å². The molecule has 1 aliphatic heterocycles. The predicted octanol–water partition coefficient (Wildman–Crippen LogP) is 2.02. The van der Waals surface area contributed by atoms with Gasteiger partial charge in [-0.25, -0.2) is 0 Å². The largest absolute Gasteiger partial charge is 0.375 e. The van der Waals surface area contributed by atoms with Crippen LogP contribution in [0.2, 0.25) is 0 Å². The molecule has 3 atom stereocenters. The Hall–Kier alpha value is -1.39. The van der Waals surface area contributed by atoms with E-state index in [0.717, 1.165) is 12.0 Å². The van der Waals surface area contributed by atoms with E-state index in [1.165, 1.54) is 5.56 Å². The molecule has 0 spiro atoms. The van der Waals surface area contributed by atoms with E-state index >= 15 is 0 Å². The van der Waals surface area contributed by atoms with Crippen LogP contribution in [-0.2, 0) is 9.53 Å². The molecule has 110 valence electrons. The summed E-state index contributed by atoms with van der Waals surface area (Å²) in [5, 5.41) is 0. The number of carbonyl (C=O) groups excluding carboxylic acids is 1. The zero-order valence-corrected chi connectivity index (χ0v) is 12.5. The van der Waals surface area contributed by atoms with Gasteiger partial charge in [-0.1, -0.05) is 36.8 Å². The van der Waals surface area contributed by atoms with Crippen molar-refractivity contribution in [3.8, 4) is 0 Å². The van der Waals surface area contributed by atoms with Gasteiger partial charge in [0.15, 0.2) is 0 Å². The van der Waals surface area contributed by atoms with Crippen LogP contribution < -0.4 is 5.73 Å². The number of benzene rings is 1. The number of ether oxygens (including phenoxy) is 1. The van der Waals surface area contributed by atoms with Crippen molar-refractivity contribution in [3.63, 3.8) is 0 Å². The molecule has 0 radical (unpaired) electrons. The molecule has 3 unspecified atom stereocenters. The minimum absolute atomic E-state index is 0.00384. The summed E-state index contributed by atoms with van der Waals surface area (Å²) in [6, 6.07) is 7.39. The van der Waals surface area contributed by atoms with E-state index in [0.29, 0.717) is 13.2 Å². The lowest BCUT2D eigenvalue weighted by Gasteiger charge is -2.39. The fourth-order valence-corrected chi connectivity index (χ4v) is 2.55. The SMILES string of the molecule is CCC1COC(C)CN1C(=O)C(N)c1ccc(C)cc1. The third-order valence-corrected chi connectivity index (χ3v) is 3.92. The second-order valence-corrected chi connectivity index (χ2v) is 5.58. The molecule has 1 saturated heterocycles. The van der Waals surface area contributed by atoms with Gasteiger partial charge in [-0.3, -0.25) is 4.79 Å². The van der Waals surface area contributed by atoms with Gasteiger partial charge in [-0.05, 0) is 25.8 Å². The Morgan fingerprint density at radius 3 is 2.70 bits per heavy atom. The van der Waals surface area contributed by atoms with Crippen molar-refractivity contribution in [1.82, 2.24) is 4.90 Å². The first-order valence-electron chi connectivity index (χ1n) is 7.27. The average Bonchev–Trinajstić information content (AvgIpc) is 2.46. The number of hydrogen-bond acceptors (Lipinski definition) is 3. The standard InChI is InChI=1S/C16H24N2O2/c1-4-14-10-20-12(3)9-18(14)16(19)15(17)13-7-5-11(2)6-8-13/h5-8,12,14-15H,4,9-10,17H2,1-3H3. The first kappa shape index (κ1) is 15.0. The van der Waals surface area contributed by atoms with Crippen LogP contribution in [-0.4, -0.2) is 36.1 Å². The molecule has 2 N–H and O–H groups in total. The first-order chi connectivity index (χ1) is 9.52. The maximum atomic E-state index is 12.6. The summed E-state index contributed by atoms with van der Waals surface area (Å²) >= 11 is 0. The topological polar surface area (TPSA) is 55.6 Å². The van der Waals surface area contributed by atoms with Gasteiger partial charge in [0.05, 0.1) is 18.8 Å².